The summed E-state index contributed by atoms with van der Waals surface area (Å²) in [6, 6.07) is 7.09. The zero-order valence-corrected chi connectivity index (χ0v) is 21.2. The van der Waals surface area contributed by atoms with Crippen molar-refractivity contribution in [3.05, 3.63) is 58.0 Å². The molecular weight excluding hydrogens is 509 g/mol. The number of carbonyl (C=O) groups excluding carboxylic acids is 1. The third kappa shape index (κ3) is 5.13. The normalized spacial score (nSPS) is 24.4. The average molecular weight is 540 g/mol. The first kappa shape index (κ1) is 25.8. The van der Waals surface area contributed by atoms with Gasteiger partial charge in [-0.05, 0) is 36.8 Å². The molecule has 2 fully saturated rings. The summed E-state index contributed by atoms with van der Waals surface area (Å²) in [6.45, 7) is 5.39. The Balaban J connectivity index is 1.34. The van der Waals surface area contributed by atoms with Gasteiger partial charge < -0.3 is 14.4 Å². The number of amides is 1. The predicted octanol–water partition coefficient (Wildman–Crippen LogP) is 1.68. The predicted molar refractivity (Wildman–Crippen MR) is 130 cm³/mol. The molecule has 1 aromatic carbocycles. The Hall–Kier alpha value is -2.86. The van der Waals surface area contributed by atoms with Crippen molar-refractivity contribution in [3.8, 4) is 0 Å². The van der Waals surface area contributed by atoms with Gasteiger partial charge in [0, 0.05) is 56.9 Å². The van der Waals surface area contributed by atoms with E-state index < -0.39 is 32.2 Å². The number of anilines is 1. The maximum Gasteiger partial charge on any atom is 0.416 e. The molecule has 2 saturated heterocycles. The van der Waals surface area contributed by atoms with E-state index in [4.69, 9.17) is 0 Å². The second-order valence-electron chi connectivity index (χ2n) is 10.4. The van der Waals surface area contributed by atoms with Gasteiger partial charge in [0.1, 0.15) is 5.69 Å². The van der Waals surface area contributed by atoms with Crippen molar-refractivity contribution in [2.24, 2.45) is 5.92 Å². The van der Waals surface area contributed by atoms with Crippen molar-refractivity contribution >= 4 is 21.6 Å². The molecule has 1 aromatic heterocycles. The van der Waals surface area contributed by atoms with Crippen LogP contribution in [0.1, 0.15) is 43.4 Å². The van der Waals surface area contributed by atoms with Crippen LogP contribution in [0.3, 0.4) is 0 Å². The van der Waals surface area contributed by atoms with Gasteiger partial charge in [-0.25, -0.2) is 8.42 Å². The van der Waals surface area contributed by atoms with Crippen LogP contribution in [0.4, 0.5) is 18.9 Å². The fourth-order valence-electron chi connectivity index (χ4n) is 6.16. The number of nitrogens with zero attached hydrogens (tertiary/aromatic N) is 2. The number of hydrogen-bond donors (Lipinski definition) is 2. The zero-order valence-electron chi connectivity index (χ0n) is 20.4. The minimum absolute atomic E-state index is 0.108. The van der Waals surface area contributed by atoms with Crippen LogP contribution in [0.25, 0.3) is 0 Å². The number of sulfonamides is 1. The highest BCUT2D eigenvalue weighted by Gasteiger charge is 2.41. The first-order chi connectivity index (χ1) is 17.4. The molecule has 1 unspecified atom stereocenters. The zero-order chi connectivity index (χ0) is 26.5. The van der Waals surface area contributed by atoms with Crippen molar-refractivity contribution in [2.75, 3.05) is 30.9 Å². The SMILES string of the molecule is CC(=O)N1CCC([NH+]2C[C@@H]3C[C@H](C2)c2ccc(NS(=O)(=O)c4cccc(C(F)(F)F)c4)c(=O)n2C3)CC1. The number of pyridine rings is 1. The summed E-state index contributed by atoms with van der Waals surface area (Å²) in [7, 11) is -4.39. The standard InChI is InChI=1S/C25H29F3N4O4S/c1-16(33)30-9-7-20(8-10-30)31-13-17-11-18(15-31)23-6-5-22(24(34)32(23)14-17)29-37(35,36)21-4-2-3-19(12-21)25(26,27)28/h2-6,12,17-18,20,29H,7-11,13-15H2,1H3/p+1/t17-,18+/m0/s1. The number of aromatic nitrogens is 1. The molecule has 0 radical (unpaired) electrons. The Bertz CT molecular complexity index is 1370. The molecule has 3 atom stereocenters. The van der Waals surface area contributed by atoms with Crippen molar-refractivity contribution in [2.45, 2.75) is 55.8 Å². The first-order valence-corrected chi connectivity index (χ1v) is 13.9. The summed E-state index contributed by atoms with van der Waals surface area (Å²) in [4.78, 5) is 27.8. The lowest BCUT2D eigenvalue weighted by molar-refractivity contribution is -0.937. The molecule has 1 amide bonds. The van der Waals surface area contributed by atoms with Gasteiger partial charge in [-0.15, -0.1) is 0 Å². The van der Waals surface area contributed by atoms with Gasteiger partial charge in [0.05, 0.1) is 29.6 Å². The van der Waals surface area contributed by atoms with Gasteiger partial charge in [0.2, 0.25) is 5.91 Å². The van der Waals surface area contributed by atoms with Crippen molar-refractivity contribution in [3.63, 3.8) is 0 Å². The van der Waals surface area contributed by atoms with Crippen molar-refractivity contribution < 1.29 is 31.3 Å². The molecule has 4 heterocycles. The van der Waals surface area contributed by atoms with Crippen LogP contribution in [-0.2, 0) is 27.5 Å². The van der Waals surface area contributed by atoms with Crippen LogP contribution < -0.4 is 15.2 Å². The van der Waals surface area contributed by atoms with E-state index in [1.165, 1.54) is 11.0 Å². The summed E-state index contributed by atoms with van der Waals surface area (Å²) in [6.07, 6.45) is -1.81. The van der Waals surface area contributed by atoms with Crippen LogP contribution in [0.15, 0.2) is 46.1 Å². The minimum atomic E-state index is -4.69. The van der Waals surface area contributed by atoms with Crippen LogP contribution in [0, 0.1) is 5.92 Å². The number of piperidine rings is 2. The van der Waals surface area contributed by atoms with E-state index in [0.29, 0.717) is 18.7 Å². The highest BCUT2D eigenvalue weighted by molar-refractivity contribution is 7.92. The van der Waals surface area contributed by atoms with Gasteiger partial charge >= 0.3 is 6.18 Å². The number of quaternary nitrogens is 1. The maximum absolute atomic E-state index is 13.3. The highest BCUT2D eigenvalue weighted by atomic mass is 32.2. The fraction of sp³-hybridized carbons (Fsp3) is 0.520. The van der Waals surface area contributed by atoms with Gasteiger partial charge in [-0.3, -0.25) is 14.3 Å². The quantitative estimate of drug-likeness (QED) is 0.619. The molecule has 200 valence electrons. The number of hydrogen-bond acceptors (Lipinski definition) is 4. The monoisotopic (exact) mass is 539 g/mol. The molecule has 0 aliphatic carbocycles. The molecule has 3 aliphatic rings. The lowest BCUT2D eigenvalue weighted by atomic mass is 9.82. The topological polar surface area (TPSA) is 92.9 Å². The molecule has 12 heteroatoms. The molecular formula is C25H30F3N4O4S+. The van der Waals surface area contributed by atoms with E-state index in [1.807, 2.05) is 4.90 Å². The van der Waals surface area contributed by atoms with E-state index in [9.17, 15) is 31.2 Å². The maximum atomic E-state index is 13.3. The summed E-state index contributed by atoms with van der Waals surface area (Å²) >= 11 is 0. The van der Waals surface area contributed by atoms with E-state index in [-0.39, 0.29) is 23.4 Å². The van der Waals surface area contributed by atoms with Crippen LogP contribution in [-0.4, -0.2) is 56.0 Å². The second-order valence-corrected chi connectivity index (χ2v) is 12.0. The second kappa shape index (κ2) is 9.46. The number of benzene rings is 1. The van der Waals surface area contributed by atoms with E-state index in [2.05, 4.69) is 4.72 Å². The van der Waals surface area contributed by atoms with Crippen LogP contribution >= 0.6 is 0 Å². The molecule has 2 N–H and O–H groups in total. The largest absolute Gasteiger partial charge is 0.416 e. The third-order valence-corrected chi connectivity index (χ3v) is 9.34. The van der Waals surface area contributed by atoms with E-state index in [0.717, 1.165) is 69.3 Å². The van der Waals surface area contributed by atoms with Crippen molar-refractivity contribution in [1.82, 2.24) is 9.47 Å². The first-order valence-electron chi connectivity index (χ1n) is 12.5. The summed E-state index contributed by atoms with van der Waals surface area (Å²) in [5.41, 5.74) is -0.881. The van der Waals surface area contributed by atoms with Gasteiger partial charge in [0.25, 0.3) is 15.6 Å². The molecule has 5 rings (SSSR count). The number of alkyl halides is 3. The summed E-state index contributed by atoms with van der Waals surface area (Å²) in [5.74, 6) is 0.534. The number of carbonyl (C=O) groups is 1. The lowest BCUT2D eigenvalue weighted by Gasteiger charge is -2.45. The van der Waals surface area contributed by atoms with Gasteiger partial charge in [-0.2, -0.15) is 13.2 Å². The Labute approximate surface area is 213 Å². The highest BCUT2D eigenvalue weighted by Crippen LogP contribution is 2.33. The van der Waals surface area contributed by atoms with Gasteiger partial charge in [-0.1, -0.05) is 6.07 Å². The van der Waals surface area contributed by atoms with Crippen molar-refractivity contribution in [1.29, 1.82) is 0 Å². The van der Waals surface area contributed by atoms with E-state index in [1.54, 1.807) is 17.6 Å². The summed E-state index contributed by atoms with van der Waals surface area (Å²) < 4.78 is 68.7. The van der Waals surface area contributed by atoms with E-state index >= 15 is 0 Å². The van der Waals surface area contributed by atoms with Crippen LogP contribution in [0.2, 0.25) is 0 Å². The number of likely N-dealkylation sites (tertiary alicyclic amines) is 2. The minimum Gasteiger partial charge on any atom is -0.342 e. The third-order valence-electron chi connectivity index (χ3n) is 7.98. The molecule has 3 aliphatic heterocycles. The smallest absolute Gasteiger partial charge is 0.342 e. The number of fused-ring (bicyclic) bond motifs is 4. The number of rotatable bonds is 4. The Morgan fingerprint density at radius 1 is 1.11 bits per heavy atom. The lowest BCUT2D eigenvalue weighted by Crippen LogP contribution is -3.18. The number of halogens is 3. The molecule has 2 bridgehead atoms. The fourth-order valence-corrected chi connectivity index (χ4v) is 7.26. The Kier molecular flexibility index (Phi) is 6.59. The summed E-state index contributed by atoms with van der Waals surface area (Å²) in [5, 5.41) is 0. The Morgan fingerprint density at radius 2 is 1.84 bits per heavy atom. The molecule has 37 heavy (non-hydrogen) atoms. The molecule has 8 nitrogen and oxygen atoms in total. The number of nitrogens with one attached hydrogen (secondary N) is 2. The van der Waals surface area contributed by atoms with Crippen LogP contribution in [0.5, 0.6) is 0 Å². The molecule has 0 saturated carbocycles. The molecule has 2 aromatic rings. The Morgan fingerprint density at radius 3 is 2.51 bits per heavy atom. The van der Waals surface area contributed by atoms with Gasteiger partial charge in [0.15, 0.2) is 0 Å². The average Bonchev–Trinajstić information content (AvgIpc) is 2.85. The molecule has 0 spiro atoms.